The minimum atomic E-state index is -0.234. The summed E-state index contributed by atoms with van der Waals surface area (Å²) in [6.07, 6.45) is 3.33. The molecule has 8 heteroatoms. The zero-order valence-electron chi connectivity index (χ0n) is 14.5. The average Bonchev–Trinajstić information content (AvgIpc) is 2.69. The average molecular weight is 390 g/mol. The van der Waals surface area contributed by atoms with E-state index < -0.39 is 0 Å². The number of aromatic nitrogens is 2. The van der Waals surface area contributed by atoms with Crippen molar-refractivity contribution >= 4 is 29.2 Å². The molecule has 0 saturated carbocycles. The number of hydrogen-bond donors (Lipinski definition) is 1. The molecule has 1 aromatic carbocycles. The van der Waals surface area contributed by atoms with Crippen molar-refractivity contribution in [1.29, 1.82) is 5.26 Å². The van der Waals surface area contributed by atoms with Crippen molar-refractivity contribution in [3.05, 3.63) is 57.0 Å². The first-order chi connectivity index (χ1) is 12.6. The highest BCUT2D eigenvalue weighted by Crippen LogP contribution is 2.27. The van der Waals surface area contributed by atoms with Crippen LogP contribution in [0.4, 0.5) is 5.69 Å². The summed E-state index contributed by atoms with van der Waals surface area (Å²) in [4.78, 5) is 12.4. The molecular weight excluding hydrogens is 370 g/mol. The molecule has 136 valence electrons. The van der Waals surface area contributed by atoms with Crippen LogP contribution in [0.3, 0.4) is 0 Å². The second-order valence-electron chi connectivity index (χ2n) is 6.11. The third-order valence-corrected chi connectivity index (χ3v) is 6.04. The van der Waals surface area contributed by atoms with Gasteiger partial charge < -0.3 is 5.32 Å². The van der Waals surface area contributed by atoms with Crippen LogP contribution in [0.25, 0.3) is 0 Å². The van der Waals surface area contributed by atoms with Gasteiger partial charge in [0, 0.05) is 25.9 Å². The number of halogens is 1. The number of anilines is 1. The molecular formula is C18H20ClN5OS. The Morgan fingerprint density at radius 3 is 2.65 bits per heavy atom. The van der Waals surface area contributed by atoms with Crippen molar-refractivity contribution in [2.24, 2.45) is 0 Å². The Bertz CT molecular complexity index is 853. The lowest BCUT2D eigenvalue weighted by Crippen LogP contribution is -2.36. The fourth-order valence-electron chi connectivity index (χ4n) is 2.94. The van der Waals surface area contributed by atoms with E-state index in [2.05, 4.69) is 20.8 Å². The zero-order chi connectivity index (χ0) is 18.5. The summed E-state index contributed by atoms with van der Waals surface area (Å²) in [5, 5.41) is 16.2. The quantitative estimate of drug-likeness (QED) is 0.791. The highest BCUT2D eigenvalue weighted by Gasteiger charge is 2.23. The van der Waals surface area contributed by atoms with E-state index in [1.807, 2.05) is 24.3 Å². The number of nitrogens with zero attached hydrogens (tertiary/aromatic N) is 4. The largest absolute Gasteiger partial charge is 0.385 e. The minimum absolute atomic E-state index is 0.0812. The van der Waals surface area contributed by atoms with Crippen molar-refractivity contribution in [1.82, 2.24) is 14.1 Å². The van der Waals surface area contributed by atoms with Gasteiger partial charge >= 0.3 is 0 Å². The molecule has 26 heavy (non-hydrogen) atoms. The van der Waals surface area contributed by atoms with Gasteiger partial charge in [-0.2, -0.15) is 10.4 Å². The molecule has 3 rings (SSSR count). The first kappa shape index (κ1) is 18.8. The topological polar surface area (TPSA) is 74.0 Å². The highest BCUT2D eigenvalue weighted by molar-refractivity contribution is 7.96. The van der Waals surface area contributed by atoms with Crippen LogP contribution in [0, 0.1) is 11.3 Å². The van der Waals surface area contributed by atoms with Crippen LogP contribution >= 0.6 is 23.5 Å². The maximum Gasteiger partial charge on any atom is 0.287 e. The van der Waals surface area contributed by atoms with Crippen molar-refractivity contribution in [3.63, 3.8) is 0 Å². The molecule has 1 fully saturated rings. The Labute approximate surface area is 161 Å². The van der Waals surface area contributed by atoms with E-state index in [9.17, 15) is 4.79 Å². The molecule has 0 atom stereocenters. The van der Waals surface area contributed by atoms with Gasteiger partial charge in [0.2, 0.25) is 0 Å². The van der Waals surface area contributed by atoms with E-state index in [-0.39, 0.29) is 16.6 Å². The van der Waals surface area contributed by atoms with Crippen LogP contribution in [-0.4, -0.2) is 34.2 Å². The van der Waals surface area contributed by atoms with Crippen LogP contribution in [0.1, 0.15) is 30.0 Å². The van der Waals surface area contributed by atoms with Gasteiger partial charge in [0.1, 0.15) is 5.02 Å². The fraction of sp³-hybridized carbons (Fsp3) is 0.389. The molecule has 0 bridgehead atoms. The zero-order valence-corrected chi connectivity index (χ0v) is 16.1. The smallest absolute Gasteiger partial charge is 0.287 e. The molecule has 1 aliphatic rings. The van der Waals surface area contributed by atoms with Crippen LogP contribution < -0.4 is 10.9 Å². The predicted molar refractivity (Wildman–Crippen MR) is 105 cm³/mol. The normalized spacial score (nSPS) is 15.6. The number of rotatable bonds is 5. The maximum atomic E-state index is 12.4. The summed E-state index contributed by atoms with van der Waals surface area (Å²) in [6, 6.07) is 9.89. The summed E-state index contributed by atoms with van der Waals surface area (Å²) >= 11 is 7.90. The Balaban J connectivity index is 1.55. The number of nitrogens with one attached hydrogen (secondary N) is 1. The number of benzene rings is 1. The second-order valence-corrected chi connectivity index (χ2v) is 7.56. The van der Waals surface area contributed by atoms with Crippen molar-refractivity contribution in [2.45, 2.75) is 24.6 Å². The Morgan fingerprint density at radius 1 is 1.35 bits per heavy atom. The van der Waals surface area contributed by atoms with Gasteiger partial charge in [-0.05, 0) is 30.5 Å². The number of nitriles is 1. The lowest BCUT2D eigenvalue weighted by molar-refractivity contribution is 0.269. The molecule has 2 heterocycles. The Morgan fingerprint density at radius 2 is 2.04 bits per heavy atom. The highest BCUT2D eigenvalue weighted by atomic mass is 35.5. The number of hydrogen-bond acceptors (Lipinski definition) is 6. The van der Waals surface area contributed by atoms with E-state index in [1.165, 1.54) is 10.2 Å². The summed E-state index contributed by atoms with van der Waals surface area (Å²) in [5.41, 5.74) is 2.20. The molecule has 0 radical (unpaired) electrons. The lowest BCUT2D eigenvalue weighted by Gasteiger charge is -2.31. The van der Waals surface area contributed by atoms with Crippen LogP contribution in [0.15, 0.2) is 35.3 Å². The summed E-state index contributed by atoms with van der Waals surface area (Å²) in [6.45, 7) is 1.79. The monoisotopic (exact) mass is 389 g/mol. The first-order valence-electron chi connectivity index (χ1n) is 8.44. The van der Waals surface area contributed by atoms with E-state index in [1.54, 1.807) is 25.2 Å². The molecule has 6 nitrogen and oxygen atoms in total. The van der Waals surface area contributed by atoms with Crippen molar-refractivity contribution in [2.75, 3.05) is 25.5 Å². The third-order valence-electron chi connectivity index (χ3n) is 4.48. The van der Waals surface area contributed by atoms with Crippen LogP contribution in [0.2, 0.25) is 5.02 Å². The van der Waals surface area contributed by atoms with E-state index >= 15 is 0 Å². The van der Waals surface area contributed by atoms with Gasteiger partial charge in [0.25, 0.3) is 5.56 Å². The summed E-state index contributed by atoms with van der Waals surface area (Å²) in [5.74, 6) is 0.872. The third kappa shape index (κ3) is 4.21. The summed E-state index contributed by atoms with van der Waals surface area (Å²) in [7, 11) is 1.72. The Kier molecular flexibility index (Phi) is 6.20. The van der Waals surface area contributed by atoms with Gasteiger partial charge in [-0.3, -0.25) is 9.10 Å². The first-order valence-corrected chi connectivity index (χ1v) is 9.76. The standard InChI is InChI=1S/C18H20ClN5OS/c1-21-16-11-22-24(18(25)17(16)19)15-6-8-23(9-7-15)26-12-14-4-2-13(10-20)3-5-14/h2-5,11,15,21H,6-9,12H2,1H3. The summed E-state index contributed by atoms with van der Waals surface area (Å²) < 4.78 is 3.84. The molecule has 0 amide bonds. The molecule has 1 N–H and O–H groups in total. The number of piperidine rings is 1. The van der Waals surface area contributed by atoms with E-state index in [0.717, 1.165) is 31.7 Å². The van der Waals surface area contributed by atoms with E-state index in [4.69, 9.17) is 16.9 Å². The lowest BCUT2D eigenvalue weighted by atomic mass is 10.1. The fourth-order valence-corrected chi connectivity index (χ4v) is 4.16. The predicted octanol–water partition coefficient (Wildman–Crippen LogP) is 3.30. The minimum Gasteiger partial charge on any atom is -0.385 e. The van der Waals surface area contributed by atoms with Crippen LogP contribution in [0.5, 0.6) is 0 Å². The van der Waals surface area contributed by atoms with Crippen molar-refractivity contribution < 1.29 is 0 Å². The van der Waals surface area contributed by atoms with Crippen LogP contribution in [-0.2, 0) is 5.75 Å². The van der Waals surface area contributed by atoms with Crippen molar-refractivity contribution in [3.8, 4) is 6.07 Å². The molecule has 2 aromatic rings. The van der Waals surface area contributed by atoms with Gasteiger partial charge in [0.05, 0.1) is 29.6 Å². The molecule has 1 aromatic heterocycles. The molecule has 0 spiro atoms. The van der Waals surface area contributed by atoms with Gasteiger partial charge in [0.15, 0.2) is 0 Å². The molecule has 1 saturated heterocycles. The molecule has 0 aliphatic carbocycles. The maximum absolute atomic E-state index is 12.4. The molecule has 0 unspecified atom stereocenters. The van der Waals surface area contributed by atoms with E-state index in [0.29, 0.717) is 11.3 Å². The van der Waals surface area contributed by atoms with Gasteiger partial charge in [-0.25, -0.2) is 4.68 Å². The van der Waals surface area contributed by atoms with Gasteiger partial charge in [-0.1, -0.05) is 35.7 Å². The van der Waals surface area contributed by atoms with Gasteiger partial charge in [-0.15, -0.1) is 0 Å². The SMILES string of the molecule is CNc1cnn(C2CCN(SCc3ccc(C#N)cc3)CC2)c(=O)c1Cl. The molecule has 1 aliphatic heterocycles. The Hall–Kier alpha value is -2.01. The second kappa shape index (κ2) is 8.58.